The number of hydrogen-bond donors (Lipinski definition) is 0. The Labute approximate surface area is 152 Å². The number of alkyl halides is 1. The normalized spacial score (nSPS) is 30.2. The molecule has 0 aliphatic carbocycles. The van der Waals surface area contributed by atoms with E-state index in [1.807, 2.05) is 0 Å². The predicted octanol–water partition coefficient (Wildman–Crippen LogP) is 0.715. The number of esters is 1. The molecule has 0 spiro atoms. The number of amides is 3. The SMILES string of the molecule is COC(=O)C1[C@@H](CCl)S[C@@H]2C(N3C(=O)c4ccccc4C3=O)C(=O)N12. The summed E-state index contributed by atoms with van der Waals surface area (Å²) in [6, 6.07) is 4.76. The van der Waals surface area contributed by atoms with E-state index in [4.69, 9.17) is 16.3 Å². The molecule has 7 nitrogen and oxygen atoms in total. The van der Waals surface area contributed by atoms with E-state index in [9.17, 15) is 19.2 Å². The highest BCUT2D eigenvalue weighted by Crippen LogP contribution is 2.48. The molecule has 2 saturated heterocycles. The van der Waals surface area contributed by atoms with Crippen LogP contribution >= 0.6 is 23.4 Å². The highest BCUT2D eigenvalue weighted by molar-refractivity contribution is 8.01. The zero-order valence-corrected chi connectivity index (χ0v) is 14.6. The van der Waals surface area contributed by atoms with Crippen LogP contribution in [0.1, 0.15) is 20.7 Å². The second-order valence-corrected chi connectivity index (χ2v) is 7.57. The smallest absolute Gasteiger partial charge is 0.329 e. The number of carbonyl (C=O) groups is 4. The molecule has 4 rings (SSSR count). The Morgan fingerprint density at radius 2 is 1.80 bits per heavy atom. The van der Waals surface area contributed by atoms with Crippen molar-refractivity contribution in [2.24, 2.45) is 0 Å². The zero-order chi connectivity index (χ0) is 17.9. The summed E-state index contributed by atoms with van der Waals surface area (Å²) in [7, 11) is 1.25. The number of ether oxygens (including phenoxy) is 1. The molecule has 1 aromatic rings. The number of β-lactam (4-membered cyclic amide) rings is 1. The van der Waals surface area contributed by atoms with E-state index < -0.39 is 41.1 Å². The Balaban J connectivity index is 1.65. The van der Waals surface area contributed by atoms with Gasteiger partial charge in [-0.05, 0) is 12.1 Å². The maximum atomic E-state index is 12.7. The number of halogens is 1. The topological polar surface area (TPSA) is 84.0 Å². The maximum Gasteiger partial charge on any atom is 0.329 e. The molecule has 9 heteroatoms. The van der Waals surface area contributed by atoms with E-state index >= 15 is 0 Å². The fourth-order valence-corrected chi connectivity index (χ4v) is 5.51. The van der Waals surface area contributed by atoms with Crippen molar-refractivity contribution in [3.63, 3.8) is 0 Å². The number of carbonyl (C=O) groups excluding carboxylic acids is 4. The van der Waals surface area contributed by atoms with Gasteiger partial charge >= 0.3 is 5.97 Å². The van der Waals surface area contributed by atoms with Gasteiger partial charge < -0.3 is 9.64 Å². The number of rotatable bonds is 3. The van der Waals surface area contributed by atoms with Crippen molar-refractivity contribution < 1.29 is 23.9 Å². The number of fused-ring (bicyclic) bond motifs is 2. The Hall–Kier alpha value is -2.06. The standard InChI is InChI=1S/C16H13ClN2O5S/c1-24-16(23)10-9(6-17)25-15-11(14(22)19(10)15)18-12(20)7-4-2-3-5-8(7)13(18)21/h2-5,9-11,15H,6H2,1H3/t9-,10?,11?,15-/m1/s1. The Bertz CT molecular complexity index is 780. The second kappa shape index (κ2) is 5.74. The molecule has 0 bridgehead atoms. The van der Waals surface area contributed by atoms with Crippen LogP contribution in [0, 0.1) is 0 Å². The lowest BCUT2D eigenvalue weighted by atomic mass is 10.0. The molecule has 0 radical (unpaired) electrons. The molecular formula is C16H13ClN2O5S. The van der Waals surface area contributed by atoms with Crippen molar-refractivity contribution in [2.75, 3.05) is 13.0 Å². The van der Waals surface area contributed by atoms with Gasteiger partial charge in [-0.1, -0.05) is 12.1 Å². The van der Waals surface area contributed by atoms with Crippen molar-refractivity contribution in [3.05, 3.63) is 35.4 Å². The summed E-state index contributed by atoms with van der Waals surface area (Å²) in [6.45, 7) is 0. The molecule has 3 aliphatic heterocycles. The van der Waals surface area contributed by atoms with Gasteiger partial charge in [0.15, 0.2) is 0 Å². The molecule has 25 heavy (non-hydrogen) atoms. The van der Waals surface area contributed by atoms with E-state index in [0.29, 0.717) is 11.1 Å². The largest absolute Gasteiger partial charge is 0.467 e. The van der Waals surface area contributed by atoms with Crippen molar-refractivity contribution in [2.45, 2.75) is 22.7 Å². The van der Waals surface area contributed by atoms with Crippen LogP contribution in [0.5, 0.6) is 0 Å². The molecule has 3 amide bonds. The highest BCUT2D eigenvalue weighted by atomic mass is 35.5. The minimum Gasteiger partial charge on any atom is -0.467 e. The number of thioether (sulfide) groups is 1. The van der Waals surface area contributed by atoms with Crippen molar-refractivity contribution in [1.82, 2.24) is 9.80 Å². The van der Waals surface area contributed by atoms with Gasteiger partial charge in [0, 0.05) is 5.88 Å². The molecule has 4 atom stereocenters. The van der Waals surface area contributed by atoms with Crippen molar-refractivity contribution in [3.8, 4) is 0 Å². The van der Waals surface area contributed by atoms with Gasteiger partial charge in [0.2, 0.25) is 0 Å². The van der Waals surface area contributed by atoms with Crippen LogP contribution in [0.15, 0.2) is 24.3 Å². The zero-order valence-electron chi connectivity index (χ0n) is 13.0. The van der Waals surface area contributed by atoms with Crippen LogP contribution in [0.25, 0.3) is 0 Å². The van der Waals surface area contributed by atoms with Gasteiger partial charge in [-0.3, -0.25) is 19.3 Å². The monoisotopic (exact) mass is 380 g/mol. The third-order valence-electron chi connectivity index (χ3n) is 4.72. The third-order valence-corrected chi connectivity index (χ3v) is 6.77. The van der Waals surface area contributed by atoms with E-state index in [1.54, 1.807) is 24.3 Å². The Morgan fingerprint density at radius 3 is 2.32 bits per heavy atom. The summed E-state index contributed by atoms with van der Waals surface area (Å²) in [5, 5.41) is -0.828. The number of methoxy groups -OCH3 is 1. The van der Waals surface area contributed by atoms with Gasteiger partial charge in [0.1, 0.15) is 17.5 Å². The average molecular weight is 381 g/mol. The number of hydrogen-bond acceptors (Lipinski definition) is 6. The summed E-state index contributed by atoms with van der Waals surface area (Å²) in [5.41, 5.74) is 0.584. The average Bonchev–Trinajstić information content (AvgIpc) is 3.10. The lowest BCUT2D eigenvalue weighted by Crippen LogP contribution is -2.71. The molecule has 0 aromatic heterocycles. The van der Waals surface area contributed by atoms with E-state index in [0.717, 1.165) is 4.90 Å². The Kier molecular flexibility index (Phi) is 3.77. The second-order valence-electron chi connectivity index (χ2n) is 5.90. The lowest BCUT2D eigenvalue weighted by Gasteiger charge is -2.46. The summed E-state index contributed by atoms with van der Waals surface area (Å²) < 4.78 is 4.77. The number of imide groups is 1. The molecule has 0 N–H and O–H groups in total. The summed E-state index contributed by atoms with van der Waals surface area (Å²) in [6.07, 6.45) is 0. The van der Waals surface area contributed by atoms with Gasteiger partial charge in [-0.2, -0.15) is 0 Å². The van der Waals surface area contributed by atoms with Gasteiger partial charge in [-0.25, -0.2) is 4.79 Å². The van der Waals surface area contributed by atoms with Crippen molar-refractivity contribution >= 4 is 47.1 Å². The minimum absolute atomic E-state index is 0.152. The predicted molar refractivity (Wildman–Crippen MR) is 89.3 cm³/mol. The summed E-state index contributed by atoms with van der Waals surface area (Å²) in [4.78, 5) is 52.3. The van der Waals surface area contributed by atoms with Crippen molar-refractivity contribution in [1.29, 1.82) is 0 Å². The first-order valence-electron chi connectivity index (χ1n) is 7.59. The van der Waals surface area contributed by atoms with Crippen LogP contribution in [-0.2, 0) is 14.3 Å². The van der Waals surface area contributed by atoms with E-state index in [2.05, 4.69) is 0 Å². The minimum atomic E-state index is -0.919. The highest BCUT2D eigenvalue weighted by Gasteiger charge is 2.65. The maximum absolute atomic E-state index is 12.7. The number of benzene rings is 1. The lowest BCUT2D eigenvalue weighted by molar-refractivity contribution is -0.163. The molecule has 1 aromatic carbocycles. The fraction of sp³-hybridized carbons (Fsp3) is 0.375. The van der Waals surface area contributed by atoms with Gasteiger partial charge in [0.05, 0.1) is 23.5 Å². The first-order chi connectivity index (χ1) is 12.0. The first kappa shape index (κ1) is 16.4. The van der Waals surface area contributed by atoms with Crippen LogP contribution in [0.4, 0.5) is 0 Å². The molecule has 3 aliphatic rings. The van der Waals surface area contributed by atoms with E-state index in [1.165, 1.54) is 23.8 Å². The third kappa shape index (κ3) is 2.07. The van der Waals surface area contributed by atoms with Crippen LogP contribution in [0.3, 0.4) is 0 Å². The quantitative estimate of drug-likeness (QED) is 0.332. The summed E-state index contributed by atoms with van der Waals surface area (Å²) >= 11 is 7.25. The first-order valence-corrected chi connectivity index (χ1v) is 9.07. The van der Waals surface area contributed by atoms with Gasteiger partial charge in [-0.15, -0.1) is 23.4 Å². The van der Waals surface area contributed by atoms with Crippen LogP contribution < -0.4 is 0 Å². The van der Waals surface area contributed by atoms with Crippen LogP contribution in [-0.4, -0.2) is 69.2 Å². The molecule has 0 saturated carbocycles. The van der Waals surface area contributed by atoms with Crippen LogP contribution in [0.2, 0.25) is 0 Å². The number of nitrogens with zero attached hydrogens (tertiary/aromatic N) is 2. The molecule has 130 valence electrons. The molecule has 2 unspecified atom stereocenters. The fourth-order valence-electron chi connectivity index (χ4n) is 3.54. The molecule has 3 heterocycles. The molecule has 2 fully saturated rings. The Morgan fingerprint density at radius 1 is 1.20 bits per heavy atom. The van der Waals surface area contributed by atoms with E-state index in [-0.39, 0.29) is 11.1 Å². The summed E-state index contributed by atoms with van der Waals surface area (Å²) in [5.74, 6) is -1.80. The van der Waals surface area contributed by atoms with Gasteiger partial charge in [0.25, 0.3) is 17.7 Å². The molecular weight excluding hydrogens is 368 g/mol.